The zero-order chi connectivity index (χ0) is 19.4. The number of carbonyl (C=O) groups excluding carboxylic acids is 1. The summed E-state index contributed by atoms with van der Waals surface area (Å²) in [6.45, 7) is 1.81. The smallest absolute Gasteiger partial charge is 0.263 e. The number of anilines is 1. The van der Waals surface area contributed by atoms with Gasteiger partial charge in [-0.05, 0) is 43.2 Å². The number of nitrogens with zero attached hydrogens (tertiary/aromatic N) is 3. The largest absolute Gasteiger partial charge is 0.497 e. The Morgan fingerprint density at radius 2 is 2.04 bits per heavy atom. The molecule has 0 aliphatic rings. The number of aryl methyl sites for hydroxylation is 3. The molecule has 2 heterocycles. The molecule has 1 N–H and O–H groups in total. The van der Waals surface area contributed by atoms with Crippen LogP contribution < -0.4 is 15.6 Å². The maximum Gasteiger partial charge on any atom is 0.263 e. The lowest BCUT2D eigenvalue weighted by Crippen LogP contribution is -2.28. The summed E-state index contributed by atoms with van der Waals surface area (Å²) in [7, 11) is 3.27. The first-order chi connectivity index (χ1) is 13.0. The second kappa shape index (κ2) is 8.13. The third-order valence-electron chi connectivity index (χ3n) is 4.25. The summed E-state index contributed by atoms with van der Waals surface area (Å²) < 4.78 is 6.66. The molecule has 3 aromatic rings. The first-order valence-corrected chi connectivity index (χ1v) is 9.23. The average molecular weight is 384 g/mol. The molecule has 0 radical (unpaired) electrons. The number of pyridine rings is 1. The van der Waals surface area contributed by atoms with Crippen LogP contribution in [0.25, 0.3) is 0 Å². The standard InChI is InChI=1S/C19H20N4O3S/c1-12-7-9-15(18(25)23(12)2)17(24)20-19-22-21-16(27-19)10-8-13-5-4-6-14(11-13)26-3/h4-7,9,11H,8,10H2,1-3H3,(H,20,22,24). The zero-order valence-corrected chi connectivity index (χ0v) is 16.2. The van der Waals surface area contributed by atoms with Gasteiger partial charge in [-0.3, -0.25) is 14.9 Å². The highest BCUT2D eigenvalue weighted by atomic mass is 32.1. The number of hydrogen-bond donors (Lipinski definition) is 1. The minimum atomic E-state index is -0.480. The molecule has 0 unspecified atom stereocenters. The van der Waals surface area contributed by atoms with Crippen molar-refractivity contribution >= 4 is 22.4 Å². The molecule has 0 aliphatic carbocycles. The fourth-order valence-corrected chi connectivity index (χ4v) is 3.28. The van der Waals surface area contributed by atoms with Crippen LogP contribution in [-0.2, 0) is 19.9 Å². The number of ether oxygens (including phenoxy) is 1. The van der Waals surface area contributed by atoms with Crippen molar-refractivity contribution in [1.29, 1.82) is 0 Å². The summed E-state index contributed by atoms with van der Waals surface area (Å²) in [6, 6.07) is 11.1. The van der Waals surface area contributed by atoms with Crippen molar-refractivity contribution in [3.8, 4) is 5.75 Å². The van der Waals surface area contributed by atoms with E-state index in [4.69, 9.17) is 4.74 Å². The molecular formula is C19H20N4O3S. The van der Waals surface area contributed by atoms with Crippen LogP contribution in [0.1, 0.15) is 26.6 Å². The van der Waals surface area contributed by atoms with Gasteiger partial charge >= 0.3 is 0 Å². The van der Waals surface area contributed by atoms with Gasteiger partial charge in [-0.25, -0.2) is 0 Å². The number of rotatable bonds is 6. The molecule has 0 spiro atoms. The average Bonchev–Trinajstić information content (AvgIpc) is 3.12. The lowest BCUT2D eigenvalue weighted by molar-refractivity contribution is 0.102. The highest BCUT2D eigenvalue weighted by molar-refractivity contribution is 7.15. The van der Waals surface area contributed by atoms with E-state index in [-0.39, 0.29) is 11.1 Å². The summed E-state index contributed by atoms with van der Waals surface area (Å²) in [5, 5.41) is 12.0. The highest BCUT2D eigenvalue weighted by Crippen LogP contribution is 2.19. The lowest BCUT2D eigenvalue weighted by atomic mass is 10.1. The molecule has 1 aromatic carbocycles. The Kier molecular flexibility index (Phi) is 5.66. The van der Waals surface area contributed by atoms with Crippen LogP contribution >= 0.6 is 11.3 Å². The molecule has 2 aromatic heterocycles. The van der Waals surface area contributed by atoms with E-state index in [9.17, 15) is 9.59 Å². The van der Waals surface area contributed by atoms with Crippen molar-refractivity contribution in [3.05, 3.63) is 68.6 Å². The predicted octanol–water partition coefficient (Wildman–Crippen LogP) is 2.59. The van der Waals surface area contributed by atoms with Gasteiger partial charge < -0.3 is 9.30 Å². The molecule has 7 nitrogen and oxygen atoms in total. The number of hydrogen-bond acceptors (Lipinski definition) is 6. The first-order valence-electron chi connectivity index (χ1n) is 8.41. The van der Waals surface area contributed by atoms with Crippen molar-refractivity contribution in [3.63, 3.8) is 0 Å². The number of benzene rings is 1. The fraction of sp³-hybridized carbons (Fsp3) is 0.263. The number of aromatic nitrogens is 3. The molecule has 0 aliphatic heterocycles. The second-order valence-electron chi connectivity index (χ2n) is 6.06. The quantitative estimate of drug-likeness (QED) is 0.706. The summed E-state index contributed by atoms with van der Waals surface area (Å²) in [6.07, 6.45) is 1.49. The van der Waals surface area contributed by atoms with Crippen LogP contribution in [0.15, 0.2) is 41.2 Å². The van der Waals surface area contributed by atoms with Crippen LogP contribution in [0.4, 0.5) is 5.13 Å². The third-order valence-corrected chi connectivity index (χ3v) is 5.15. The SMILES string of the molecule is COc1cccc(CCc2nnc(NC(=O)c3ccc(C)n(C)c3=O)s2)c1. The predicted molar refractivity (Wildman–Crippen MR) is 105 cm³/mol. The van der Waals surface area contributed by atoms with Gasteiger partial charge in [0.1, 0.15) is 16.3 Å². The van der Waals surface area contributed by atoms with E-state index in [1.807, 2.05) is 31.2 Å². The number of methoxy groups -OCH3 is 1. The summed E-state index contributed by atoms with van der Waals surface area (Å²) >= 11 is 1.30. The van der Waals surface area contributed by atoms with Crippen LogP contribution in [0.2, 0.25) is 0 Å². The van der Waals surface area contributed by atoms with Crippen molar-refractivity contribution in [2.45, 2.75) is 19.8 Å². The Balaban J connectivity index is 1.65. The maximum atomic E-state index is 12.4. The van der Waals surface area contributed by atoms with Crippen molar-refractivity contribution in [2.75, 3.05) is 12.4 Å². The zero-order valence-electron chi connectivity index (χ0n) is 15.4. The van der Waals surface area contributed by atoms with Gasteiger partial charge in [-0.1, -0.05) is 23.5 Å². The monoisotopic (exact) mass is 384 g/mol. The van der Waals surface area contributed by atoms with Gasteiger partial charge in [0.2, 0.25) is 5.13 Å². The number of carbonyl (C=O) groups is 1. The van der Waals surface area contributed by atoms with Gasteiger partial charge in [0.05, 0.1) is 7.11 Å². The number of amides is 1. The Hall–Kier alpha value is -3.00. The molecular weight excluding hydrogens is 364 g/mol. The molecule has 1 amide bonds. The molecule has 3 rings (SSSR count). The van der Waals surface area contributed by atoms with Crippen LogP contribution in [-0.4, -0.2) is 27.8 Å². The summed E-state index contributed by atoms with van der Waals surface area (Å²) in [4.78, 5) is 24.6. The van der Waals surface area contributed by atoms with E-state index in [0.29, 0.717) is 11.6 Å². The third kappa shape index (κ3) is 4.40. The van der Waals surface area contributed by atoms with Crippen LogP contribution in [0, 0.1) is 6.92 Å². The lowest BCUT2D eigenvalue weighted by Gasteiger charge is -2.06. The normalized spacial score (nSPS) is 10.6. The molecule has 0 bridgehead atoms. The Bertz CT molecular complexity index is 1030. The van der Waals surface area contributed by atoms with Crippen molar-refractivity contribution in [1.82, 2.24) is 14.8 Å². The van der Waals surface area contributed by atoms with Crippen LogP contribution in [0.5, 0.6) is 5.75 Å². The molecule has 140 valence electrons. The van der Waals surface area contributed by atoms with Gasteiger partial charge in [0.25, 0.3) is 11.5 Å². The molecule has 27 heavy (non-hydrogen) atoms. The molecule has 8 heteroatoms. The summed E-state index contributed by atoms with van der Waals surface area (Å²) in [5.74, 6) is 0.337. The summed E-state index contributed by atoms with van der Waals surface area (Å²) in [5.41, 5.74) is 1.66. The number of nitrogens with one attached hydrogen (secondary N) is 1. The van der Waals surface area contributed by atoms with Crippen molar-refractivity contribution < 1.29 is 9.53 Å². The van der Waals surface area contributed by atoms with Gasteiger partial charge in [0, 0.05) is 19.2 Å². The fourth-order valence-electron chi connectivity index (χ4n) is 2.55. The molecule has 0 fully saturated rings. The Morgan fingerprint density at radius 3 is 2.81 bits per heavy atom. The Labute approximate surface area is 160 Å². The minimum absolute atomic E-state index is 0.0798. The molecule has 0 atom stereocenters. The molecule has 0 saturated heterocycles. The van der Waals surface area contributed by atoms with E-state index < -0.39 is 5.91 Å². The molecule has 0 saturated carbocycles. The van der Waals surface area contributed by atoms with E-state index in [2.05, 4.69) is 15.5 Å². The minimum Gasteiger partial charge on any atom is -0.497 e. The van der Waals surface area contributed by atoms with E-state index in [0.717, 1.165) is 28.4 Å². The topological polar surface area (TPSA) is 86.1 Å². The Morgan fingerprint density at radius 1 is 1.22 bits per heavy atom. The second-order valence-corrected chi connectivity index (χ2v) is 7.12. The van der Waals surface area contributed by atoms with Crippen molar-refractivity contribution in [2.24, 2.45) is 7.05 Å². The van der Waals surface area contributed by atoms with Gasteiger partial charge in [0.15, 0.2) is 0 Å². The van der Waals surface area contributed by atoms with E-state index >= 15 is 0 Å². The van der Waals surface area contributed by atoms with Gasteiger partial charge in [-0.15, -0.1) is 10.2 Å². The highest BCUT2D eigenvalue weighted by Gasteiger charge is 2.15. The van der Waals surface area contributed by atoms with E-state index in [1.54, 1.807) is 20.2 Å². The maximum absolute atomic E-state index is 12.4. The first kappa shape index (κ1) is 18.8. The van der Waals surface area contributed by atoms with Crippen LogP contribution in [0.3, 0.4) is 0 Å². The van der Waals surface area contributed by atoms with E-state index in [1.165, 1.54) is 22.0 Å². The van der Waals surface area contributed by atoms with Gasteiger partial charge in [-0.2, -0.15) is 0 Å².